The second-order valence-corrected chi connectivity index (χ2v) is 13.8. The van der Waals surface area contributed by atoms with E-state index >= 15 is 0 Å². The third-order valence-corrected chi connectivity index (χ3v) is 9.83. The summed E-state index contributed by atoms with van der Waals surface area (Å²) in [5.74, 6) is 0.732. The van der Waals surface area contributed by atoms with Gasteiger partial charge in [-0.3, -0.25) is 25.1 Å². The minimum absolute atomic E-state index is 0.115. The van der Waals surface area contributed by atoms with Crippen LogP contribution in [0, 0.1) is 20.8 Å². The summed E-state index contributed by atoms with van der Waals surface area (Å²) in [5, 5.41) is 6.29. The molecular weight excluding hydrogens is 733 g/mol. The van der Waals surface area contributed by atoms with Crippen LogP contribution < -0.4 is 16.4 Å². The highest BCUT2D eigenvalue weighted by molar-refractivity contribution is 6.03. The molecule has 4 N–H and O–H groups in total. The number of morpholine rings is 1. The number of nitrogens with two attached hydrogens (primary N) is 1. The van der Waals surface area contributed by atoms with Gasteiger partial charge >= 0.3 is 5.97 Å². The van der Waals surface area contributed by atoms with Gasteiger partial charge in [0, 0.05) is 52.1 Å². The van der Waals surface area contributed by atoms with Crippen LogP contribution in [0.25, 0.3) is 22.1 Å². The van der Waals surface area contributed by atoms with E-state index in [1.807, 2.05) is 48.1 Å². The second-order valence-electron chi connectivity index (χ2n) is 13.8. The van der Waals surface area contributed by atoms with E-state index < -0.39 is 17.8 Å². The van der Waals surface area contributed by atoms with Crippen LogP contribution in [0.15, 0.2) is 45.3 Å². The van der Waals surface area contributed by atoms with Crippen LogP contribution in [0.3, 0.4) is 0 Å². The zero-order valence-electron chi connectivity index (χ0n) is 32.9. The minimum atomic E-state index is -0.544. The summed E-state index contributed by atoms with van der Waals surface area (Å²) in [6.45, 7) is 13.2. The van der Waals surface area contributed by atoms with E-state index in [4.69, 9.17) is 34.0 Å². The van der Waals surface area contributed by atoms with E-state index in [2.05, 4.69) is 25.5 Å². The lowest BCUT2D eigenvalue weighted by molar-refractivity contribution is 0.0343. The Bertz CT molecular complexity index is 2520. The lowest BCUT2D eigenvalue weighted by atomic mass is 10.1. The van der Waals surface area contributed by atoms with Gasteiger partial charge < -0.3 is 33.2 Å². The Kier molecular flexibility index (Phi) is 11.2. The Morgan fingerprint density at radius 3 is 2.14 bits per heavy atom. The van der Waals surface area contributed by atoms with E-state index in [1.165, 1.54) is 7.11 Å². The lowest BCUT2D eigenvalue weighted by Gasteiger charge is -2.27. The zero-order valence-corrected chi connectivity index (χ0v) is 32.9. The number of benzene rings is 2. The number of nitrogens with zero attached hydrogens (tertiary/aromatic N) is 7. The number of esters is 1. The van der Waals surface area contributed by atoms with E-state index in [-0.39, 0.29) is 11.7 Å². The van der Waals surface area contributed by atoms with Crippen LogP contribution in [0.1, 0.15) is 79.4 Å². The number of carbonyl (C=O) groups excluding carboxylic acids is 3. The van der Waals surface area contributed by atoms with Crippen molar-refractivity contribution in [2.75, 3.05) is 44.0 Å². The van der Waals surface area contributed by atoms with Crippen LogP contribution in [0.5, 0.6) is 0 Å². The van der Waals surface area contributed by atoms with Gasteiger partial charge in [-0.15, -0.1) is 0 Å². The summed E-state index contributed by atoms with van der Waals surface area (Å²) >= 11 is 0. The molecule has 6 aromatic rings. The summed E-state index contributed by atoms with van der Waals surface area (Å²) in [5.41, 5.74) is 12.1. The summed E-state index contributed by atoms with van der Waals surface area (Å²) in [6.07, 6.45) is 5.10. The van der Waals surface area contributed by atoms with Crippen LogP contribution in [-0.4, -0.2) is 85.2 Å². The van der Waals surface area contributed by atoms with Crippen molar-refractivity contribution in [3.05, 3.63) is 87.6 Å². The number of imidazole rings is 2. The second kappa shape index (κ2) is 16.4. The molecular formula is C40H46N10O7. The molecule has 1 fully saturated rings. The number of hydrogen-bond donors (Lipinski definition) is 3. The molecule has 1 aliphatic heterocycles. The smallest absolute Gasteiger partial charge is 0.337 e. The number of methoxy groups -OCH3 is 1. The molecule has 57 heavy (non-hydrogen) atoms. The first-order valence-electron chi connectivity index (χ1n) is 18.9. The van der Waals surface area contributed by atoms with Gasteiger partial charge in [0.15, 0.2) is 11.8 Å². The van der Waals surface area contributed by atoms with Crippen LogP contribution >= 0.6 is 0 Å². The van der Waals surface area contributed by atoms with Gasteiger partial charge in [0.05, 0.1) is 53.6 Å². The number of aryl methyl sites for hydroxylation is 5. The Morgan fingerprint density at radius 2 is 1.46 bits per heavy atom. The van der Waals surface area contributed by atoms with Crippen molar-refractivity contribution in [3.8, 4) is 0 Å². The molecule has 298 valence electrons. The number of fused-ring (bicyclic) bond motifs is 2. The largest absolute Gasteiger partial charge is 0.465 e. The van der Waals surface area contributed by atoms with Gasteiger partial charge in [-0.05, 0) is 55.2 Å². The van der Waals surface area contributed by atoms with Crippen LogP contribution in [0.4, 0.5) is 17.8 Å². The quantitative estimate of drug-likeness (QED) is 0.0938. The van der Waals surface area contributed by atoms with Gasteiger partial charge in [0.2, 0.25) is 29.4 Å². The maximum absolute atomic E-state index is 13.6. The zero-order chi connectivity index (χ0) is 40.4. The number of aromatic nitrogens is 6. The maximum atomic E-state index is 13.6. The Balaban J connectivity index is 1.28. The molecule has 1 aliphatic rings. The fourth-order valence-electron chi connectivity index (χ4n) is 7.19. The maximum Gasteiger partial charge on any atom is 0.337 e. The van der Waals surface area contributed by atoms with Crippen LogP contribution in [-0.2, 0) is 41.9 Å². The molecule has 0 saturated carbocycles. The average molecular weight is 779 g/mol. The summed E-state index contributed by atoms with van der Waals surface area (Å²) < 4.78 is 26.1. The molecule has 0 spiro atoms. The first kappa shape index (κ1) is 38.9. The Hall–Kier alpha value is -6.33. The predicted molar refractivity (Wildman–Crippen MR) is 212 cm³/mol. The molecule has 0 atom stereocenters. The fourth-order valence-corrected chi connectivity index (χ4v) is 7.19. The molecule has 0 radical (unpaired) electrons. The molecule has 2 amide bonds. The monoisotopic (exact) mass is 778 g/mol. The fraction of sp³-hybridized carbons (Fsp3) is 0.375. The number of ether oxygens (including phenoxy) is 2. The number of carbonyl (C=O) groups is 3. The third kappa shape index (κ3) is 8.01. The number of oxazole rings is 2. The number of amides is 2. The summed E-state index contributed by atoms with van der Waals surface area (Å²) in [4.78, 5) is 59.4. The van der Waals surface area contributed by atoms with Gasteiger partial charge in [-0.25, -0.2) is 24.7 Å². The standard InChI is InChI=1S/C40H46N10O7/c1-7-28-34(56-23(4)42-28)36(52)46-39-44-30-20-26(38(53)54-6)17-22(3)32(30)49(39)11-9-10-12-50-33-27(21-48-13-15-55-16-14-48)18-25(35(41)51)19-31(33)45-40(50)47-37-29(8-2)43-24(5)57-37/h9-10,17-20H,7-8,11-16,21H2,1-6H3,(H2,41,51)(H,45,47)(H,44,46,52)/b10-9+. The van der Waals surface area contributed by atoms with E-state index in [0.29, 0.717) is 97.2 Å². The van der Waals surface area contributed by atoms with Gasteiger partial charge in [-0.1, -0.05) is 26.0 Å². The number of rotatable bonds is 14. The number of allylic oxidation sites excluding steroid dienone is 2. The highest BCUT2D eigenvalue weighted by Crippen LogP contribution is 2.31. The third-order valence-electron chi connectivity index (χ3n) is 9.83. The molecule has 0 bridgehead atoms. The summed E-state index contributed by atoms with van der Waals surface area (Å²) in [7, 11) is 1.32. The molecule has 4 aromatic heterocycles. The van der Waals surface area contributed by atoms with Crippen molar-refractivity contribution in [3.63, 3.8) is 0 Å². The number of primary amides is 1. The van der Waals surface area contributed by atoms with Crippen molar-refractivity contribution in [1.82, 2.24) is 34.0 Å². The molecule has 17 nitrogen and oxygen atoms in total. The van der Waals surface area contributed by atoms with Gasteiger partial charge in [0.1, 0.15) is 5.69 Å². The molecule has 0 aliphatic carbocycles. The lowest BCUT2D eigenvalue weighted by Crippen LogP contribution is -2.35. The SMILES string of the molecule is CCc1nc(C)oc1Nc1nc2cc(C(N)=O)cc(CN3CCOCC3)c2n1C/C=C/Cn1c(NC(=O)c2oc(C)nc2CC)nc2cc(C(=O)OC)cc(C)c21. The van der Waals surface area contributed by atoms with Gasteiger partial charge in [0.25, 0.3) is 5.91 Å². The molecule has 2 aromatic carbocycles. The van der Waals surface area contributed by atoms with Crippen molar-refractivity contribution < 1.29 is 32.7 Å². The summed E-state index contributed by atoms with van der Waals surface area (Å²) in [6, 6.07) is 6.91. The van der Waals surface area contributed by atoms with Crippen molar-refractivity contribution in [2.45, 2.75) is 67.1 Å². The molecule has 17 heteroatoms. The number of hydrogen-bond acceptors (Lipinski definition) is 13. The first-order chi connectivity index (χ1) is 27.5. The van der Waals surface area contributed by atoms with Crippen molar-refractivity contribution in [1.29, 1.82) is 0 Å². The number of anilines is 3. The number of nitrogens with one attached hydrogen (secondary N) is 2. The normalized spacial score (nSPS) is 13.6. The van der Waals surface area contributed by atoms with Crippen LogP contribution in [0.2, 0.25) is 0 Å². The van der Waals surface area contributed by atoms with Crippen molar-refractivity contribution >= 4 is 57.6 Å². The topological polar surface area (TPSA) is 211 Å². The van der Waals surface area contributed by atoms with Gasteiger partial charge in [-0.2, -0.15) is 0 Å². The minimum Gasteiger partial charge on any atom is -0.465 e. The Labute approximate surface area is 328 Å². The highest BCUT2D eigenvalue weighted by atomic mass is 16.5. The first-order valence-corrected chi connectivity index (χ1v) is 18.9. The molecule has 1 saturated heterocycles. The Morgan fingerprint density at radius 1 is 0.825 bits per heavy atom. The highest BCUT2D eigenvalue weighted by Gasteiger charge is 2.24. The van der Waals surface area contributed by atoms with E-state index in [9.17, 15) is 14.4 Å². The van der Waals surface area contributed by atoms with E-state index in [1.54, 1.807) is 32.0 Å². The molecule has 0 unspecified atom stereocenters. The molecule has 5 heterocycles. The molecule has 7 rings (SSSR count). The average Bonchev–Trinajstić information content (AvgIpc) is 3.95. The predicted octanol–water partition coefficient (Wildman–Crippen LogP) is 5.38. The van der Waals surface area contributed by atoms with Crippen molar-refractivity contribution in [2.24, 2.45) is 5.73 Å². The van der Waals surface area contributed by atoms with E-state index in [0.717, 1.165) is 40.9 Å².